The van der Waals surface area contributed by atoms with Crippen LogP contribution >= 0.6 is 11.3 Å². The fraction of sp³-hybridized carbons (Fsp3) is 0.412. The van der Waals surface area contributed by atoms with Crippen LogP contribution in [0.3, 0.4) is 0 Å². The monoisotopic (exact) mass is 315 g/mol. The van der Waals surface area contributed by atoms with E-state index >= 15 is 0 Å². The van der Waals surface area contributed by atoms with Crippen LogP contribution in [0.5, 0.6) is 0 Å². The molecular formula is C17H21N3OS. The van der Waals surface area contributed by atoms with Gasteiger partial charge >= 0.3 is 0 Å². The van der Waals surface area contributed by atoms with Crippen LogP contribution in [0.25, 0.3) is 10.6 Å². The highest BCUT2D eigenvalue weighted by Crippen LogP contribution is 2.25. The summed E-state index contributed by atoms with van der Waals surface area (Å²) in [5, 5.41) is 6.30. The van der Waals surface area contributed by atoms with Crippen molar-refractivity contribution in [2.24, 2.45) is 0 Å². The van der Waals surface area contributed by atoms with Gasteiger partial charge in [0.1, 0.15) is 5.01 Å². The van der Waals surface area contributed by atoms with E-state index in [-0.39, 0.29) is 5.91 Å². The minimum Gasteiger partial charge on any atom is -0.339 e. The summed E-state index contributed by atoms with van der Waals surface area (Å²) in [7, 11) is 1.99. The lowest BCUT2D eigenvalue weighted by Crippen LogP contribution is -2.43. The minimum atomic E-state index is 0.129. The quantitative estimate of drug-likeness (QED) is 0.947. The molecule has 1 aliphatic rings. The van der Waals surface area contributed by atoms with Crippen molar-refractivity contribution in [3.05, 3.63) is 40.9 Å². The smallest absolute Gasteiger partial charge is 0.253 e. The first kappa shape index (κ1) is 15.2. The Labute approximate surface area is 135 Å². The average molecular weight is 315 g/mol. The summed E-state index contributed by atoms with van der Waals surface area (Å²) >= 11 is 1.62. The molecule has 116 valence electrons. The van der Waals surface area contributed by atoms with Crippen molar-refractivity contribution >= 4 is 17.2 Å². The van der Waals surface area contributed by atoms with Crippen LogP contribution in [-0.2, 0) is 0 Å². The predicted octanol–water partition coefficient (Wildman–Crippen LogP) is 2.94. The molecule has 1 aromatic carbocycles. The van der Waals surface area contributed by atoms with E-state index in [1.807, 2.05) is 48.5 Å². The fourth-order valence-electron chi connectivity index (χ4n) is 2.83. The van der Waals surface area contributed by atoms with Gasteiger partial charge in [-0.25, -0.2) is 4.98 Å². The van der Waals surface area contributed by atoms with Gasteiger partial charge in [0.15, 0.2) is 0 Å². The number of carbonyl (C=O) groups excluding carboxylic acids is 1. The number of piperidine rings is 1. The molecule has 1 N–H and O–H groups in total. The molecule has 4 nitrogen and oxygen atoms in total. The highest BCUT2D eigenvalue weighted by molar-refractivity contribution is 7.13. The number of thiazole rings is 1. The number of hydrogen-bond acceptors (Lipinski definition) is 4. The van der Waals surface area contributed by atoms with Gasteiger partial charge in [0.2, 0.25) is 0 Å². The maximum atomic E-state index is 12.7. The molecule has 1 fully saturated rings. The lowest BCUT2D eigenvalue weighted by molar-refractivity contribution is 0.0707. The number of amides is 1. The highest BCUT2D eigenvalue weighted by atomic mass is 32.1. The van der Waals surface area contributed by atoms with E-state index < -0.39 is 0 Å². The summed E-state index contributed by atoms with van der Waals surface area (Å²) in [6.07, 6.45) is 2.04. The van der Waals surface area contributed by atoms with Gasteiger partial charge in [-0.05, 0) is 38.9 Å². The third-order valence-electron chi connectivity index (χ3n) is 4.17. The molecule has 0 bridgehead atoms. The van der Waals surface area contributed by atoms with Gasteiger partial charge in [-0.15, -0.1) is 11.3 Å². The Balaban J connectivity index is 1.76. The van der Waals surface area contributed by atoms with E-state index in [1.54, 1.807) is 11.3 Å². The standard InChI is InChI=1S/C17H21N3OS/c1-12-11-22-16(19-12)13-4-3-5-14(10-13)17(21)20-8-6-15(18-2)7-9-20/h3-5,10-11,15,18H,6-9H2,1-2H3. The maximum absolute atomic E-state index is 12.7. The number of aryl methyl sites for hydroxylation is 1. The van der Waals surface area contributed by atoms with Gasteiger partial charge in [0.25, 0.3) is 5.91 Å². The molecule has 2 aromatic rings. The molecule has 3 rings (SSSR count). The van der Waals surface area contributed by atoms with Crippen molar-refractivity contribution in [1.29, 1.82) is 0 Å². The average Bonchev–Trinajstić information content (AvgIpc) is 3.01. The summed E-state index contributed by atoms with van der Waals surface area (Å²) in [6.45, 7) is 3.64. The van der Waals surface area contributed by atoms with Crippen LogP contribution < -0.4 is 5.32 Å². The number of aromatic nitrogens is 1. The number of nitrogens with zero attached hydrogens (tertiary/aromatic N) is 2. The van der Waals surface area contributed by atoms with E-state index in [9.17, 15) is 4.79 Å². The molecule has 0 unspecified atom stereocenters. The third-order valence-corrected chi connectivity index (χ3v) is 5.18. The topological polar surface area (TPSA) is 45.2 Å². The number of nitrogens with one attached hydrogen (secondary N) is 1. The van der Waals surface area contributed by atoms with Crippen LogP contribution in [0.15, 0.2) is 29.6 Å². The molecule has 0 aliphatic carbocycles. The van der Waals surface area contributed by atoms with E-state index in [0.717, 1.165) is 47.8 Å². The number of hydrogen-bond donors (Lipinski definition) is 1. The zero-order valence-electron chi connectivity index (χ0n) is 13.0. The van der Waals surface area contributed by atoms with Crippen molar-refractivity contribution in [1.82, 2.24) is 15.2 Å². The lowest BCUT2D eigenvalue weighted by Gasteiger charge is -2.31. The second-order valence-corrected chi connectivity index (χ2v) is 6.59. The Morgan fingerprint density at radius 2 is 2.14 bits per heavy atom. The van der Waals surface area contributed by atoms with Crippen LogP contribution in [0.1, 0.15) is 28.9 Å². The fourth-order valence-corrected chi connectivity index (χ4v) is 3.62. The van der Waals surface area contributed by atoms with Crippen molar-refractivity contribution in [2.75, 3.05) is 20.1 Å². The molecule has 1 aliphatic heterocycles. The van der Waals surface area contributed by atoms with Crippen molar-refractivity contribution in [3.63, 3.8) is 0 Å². The van der Waals surface area contributed by atoms with E-state index in [0.29, 0.717) is 6.04 Å². The van der Waals surface area contributed by atoms with E-state index in [4.69, 9.17) is 0 Å². The maximum Gasteiger partial charge on any atom is 0.253 e. The number of carbonyl (C=O) groups is 1. The van der Waals surface area contributed by atoms with Gasteiger partial charge < -0.3 is 10.2 Å². The SMILES string of the molecule is CNC1CCN(C(=O)c2cccc(-c3nc(C)cs3)c2)CC1. The molecule has 2 heterocycles. The first-order valence-electron chi connectivity index (χ1n) is 7.66. The van der Waals surface area contributed by atoms with Gasteiger partial charge in [-0.1, -0.05) is 12.1 Å². The Morgan fingerprint density at radius 1 is 1.36 bits per heavy atom. The van der Waals surface area contributed by atoms with Crippen LogP contribution in [-0.4, -0.2) is 42.0 Å². The molecule has 5 heteroatoms. The van der Waals surface area contributed by atoms with Crippen LogP contribution in [0.2, 0.25) is 0 Å². The second-order valence-electron chi connectivity index (χ2n) is 5.73. The lowest BCUT2D eigenvalue weighted by atomic mass is 10.0. The Bertz CT molecular complexity index is 659. The molecule has 0 radical (unpaired) electrons. The summed E-state index contributed by atoms with van der Waals surface area (Å²) in [4.78, 5) is 19.1. The first-order valence-corrected chi connectivity index (χ1v) is 8.54. The zero-order valence-corrected chi connectivity index (χ0v) is 13.8. The molecule has 22 heavy (non-hydrogen) atoms. The first-order chi connectivity index (χ1) is 10.7. The number of benzene rings is 1. The van der Waals surface area contributed by atoms with Gasteiger partial charge in [-0.3, -0.25) is 4.79 Å². The Morgan fingerprint density at radius 3 is 2.77 bits per heavy atom. The number of likely N-dealkylation sites (tertiary alicyclic amines) is 1. The second kappa shape index (κ2) is 6.58. The Kier molecular flexibility index (Phi) is 4.55. The summed E-state index contributed by atoms with van der Waals surface area (Å²) in [5.41, 5.74) is 2.80. The number of rotatable bonds is 3. The normalized spacial score (nSPS) is 16.0. The molecular weight excluding hydrogens is 294 g/mol. The third kappa shape index (κ3) is 3.20. The summed E-state index contributed by atoms with van der Waals surface area (Å²) < 4.78 is 0. The van der Waals surface area contributed by atoms with Crippen molar-refractivity contribution in [3.8, 4) is 10.6 Å². The van der Waals surface area contributed by atoms with Crippen LogP contribution in [0, 0.1) is 6.92 Å². The predicted molar refractivity (Wildman–Crippen MR) is 90.3 cm³/mol. The molecule has 1 aromatic heterocycles. The molecule has 0 saturated carbocycles. The largest absolute Gasteiger partial charge is 0.339 e. The van der Waals surface area contributed by atoms with E-state index in [2.05, 4.69) is 10.3 Å². The highest BCUT2D eigenvalue weighted by Gasteiger charge is 2.22. The summed E-state index contributed by atoms with van der Waals surface area (Å²) in [5.74, 6) is 0.129. The van der Waals surface area contributed by atoms with Gasteiger partial charge in [0, 0.05) is 41.3 Å². The zero-order chi connectivity index (χ0) is 15.5. The van der Waals surface area contributed by atoms with Crippen molar-refractivity contribution < 1.29 is 4.79 Å². The Hall–Kier alpha value is -1.72. The molecule has 1 saturated heterocycles. The van der Waals surface area contributed by atoms with Crippen LogP contribution in [0.4, 0.5) is 0 Å². The minimum absolute atomic E-state index is 0.129. The van der Waals surface area contributed by atoms with Crippen molar-refractivity contribution in [2.45, 2.75) is 25.8 Å². The van der Waals surface area contributed by atoms with E-state index in [1.165, 1.54) is 0 Å². The summed E-state index contributed by atoms with van der Waals surface area (Å²) in [6, 6.07) is 8.36. The molecule has 0 atom stereocenters. The van der Waals surface area contributed by atoms with Gasteiger partial charge in [0.05, 0.1) is 0 Å². The van der Waals surface area contributed by atoms with Gasteiger partial charge in [-0.2, -0.15) is 0 Å². The molecule has 1 amide bonds. The molecule has 0 spiro atoms.